The second-order valence-electron chi connectivity index (χ2n) is 4.27. The predicted octanol–water partition coefficient (Wildman–Crippen LogP) is 1.55. The van der Waals surface area contributed by atoms with E-state index in [9.17, 15) is 9.18 Å². The van der Waals surface area contributed by atoms with E-state index in [4.69, 9.17) is 4.74 Å². The van der Waals surface area contributed by atoms with Gasteiger partial charge in [-0.05, 0) is 30.7 Å². The zero-order valence-corrected chi connectivity index (χ0v) is 10.2. The summed E-state index contributed by atoms with van der Waals surface area (Å²) in [5.74, 6) is 0.283. The van der Waals surface area contributed by atoms with Gasteiger partial charge in [0, 0.05) is 12.6 Å². The van der Waals surface area contributed by atoms with Crippen molar-refractivity contribution in [2.45, 2.75) is 18.6 Å². The minimum absolute atomic E-state index is 0.0558. The van der Waals surface area contributed by atoms with Crippen LogP contribution in [0.3, 0.4) is 0 Å². The van der Waals surface area contributed by atoms with Crippen molar-refractivity contribution in [1.29, 1.82) is 0 Å². The van der Waals surface area contributed by atoms with Gasteiger partial charge in [-0.25, -0.2) is 9.18 Å². The van der Waals surface area contributed by atoms with E-state index in [-0.39, 0.29) is 12.0 Å². The first-order valence-electron chi connectivity index (χ1n) is 5.87. The highest BCUT2D eigenvalue weighted by molar-refractivity contribution is 5.89. The quantitative estimate of drug-likeness (QED) is 0.827. The Morgan fingerprint density at radius 2 is 2.17 bits per heavy atom. The molecule has 0 aliphatic carbocycles. The molecule has 1 aliphatic heterocycles. The summed E-state index contributed by atoms with van der Waals surface area (Å²) in [6.07, 6.45) is -0.291. The highest BCUT2D eigenvalue weighted by atomic mass is 19.1. The molecule has 4 nitrogen and oxygen atoms in total. The van der Waals surface area contributed by atoms with Gasteiger partial charge < -0.3 is 14.8 Å². The van der Waals surface area contributed by atoms with E-state index in [1.807, 2.05) is 0 Å². The lowest BCUT2D eigenvalue weighted by Gasteiger charge is -2.12. The molecule has 0 saturated carbocycles. The molecule has 1 aromatic carbocycles. The molecule has 18 heavy (non-hydrogen) atoms. The van der Waals surface area contributed by atoms with Gasteiger partial charge in [0.05, 0.1) is 12.7 Å². The SMILES string of the molecule is COC(=O)c1ccc(OC[C@@H]2C[C@@H](F)CN2)cc1. The molecule has 0 radical (unpaired) electrons. The molecule has 1 aliphatic rings. The van der Waals surface area contributed by atoms with Crippen LogP contribution in [0.25, 0.3) is 0 Å². The number of hydrogen-bond donors (Lipinski definition) is 1. The van der Waals surface area contributed by atoms with Gasteiger partial charge in [-0.2, -0.15) is 0 Å². The third kappa shape index (κ3) is 3.20. The molecule has 1 N–H and O–H groups in total. The molecule has 1 heterocycles. The summed E-state index contributed by atoms with van der Waals surface area (Å²) >= 11 is 0. The van der Waals surface area contributed by atoms with Crippen LogP contribution in [0.15, 0.2) is 24.3 Å². The van der Waals surface area contributed by atoms with Crippen LogP contribution in [0.5, 0.6) is 5.75 Å². The Hall–Kier alpha value is -1.62. The lowest BCUT2D eigenvalue weighted by molar-refractivity contribution is 0.0600. The monoisotopic (exact) mass is 253 g/mol. The van der Waals surface area contributed by atoms with Gasteiger partial charge in [0.15, 0.2) is 0 Å². The van der Waals surface area contributed by atoms with E-state index in [0.29, 0.717) is 30.9 Å². The number of methoxy groups -OCH3 is 1. The lowest BCUT2D eigenvalue weighted by atomic mass is 10.2. The second kappa shape index (κ2) is 5.82. The normalized spacial score (nSPS) is 22.8. The van der Waals surface area contributed by atoms with E-state index in [2.05, 4.69) is 10.1 Å². The number of nitrogens with one attached hydrogen (secondary N) is 1. The molecule has 1 saturated heterocycles. The van der Waals surface area contributed by atoms with Crippen molar-refractivity contribution in [3.63, 3.8) is 0 Å². The molecule has 0 amide bonds. The minimum Gasteiger partial charge on any atom is -0.492 e. The summed E-state index contributed by atoms with van der Waals surface area (Å²) in [6, 6.07) is 6.74. The molecule has 0 bridgehead atoms. The zero-order valence-electron chi connectivity index (χ0n) is 10.2. The molecule has 1 aromatic rings. The van der Waals surface area contributed by atoms with E-state index < -0.39 is 6.17 Å². The Morgan fingerprint density at radius 1 is 1.44 bits per heavy atom. The third-order valence-corrected chi connectivity index (χ3v) is 2.89. The van der Waals surface area contributed by atoms with Crippen molar-refractivity contribution in [2.24, 2.45) is 0 Å². The maximum atomic E-state index is 12.9. The highest BCUT2D eigenvalue weighted by Crippen LogP contribution is 2.15. The summed E-state index contributed by atoms with van der Waals surface area (Å²) in [4.78, 5) is 11.2. The van der Waals surface area contributed by atoms with Gasteiger partial charge in [0.1, 0.15) is 18.5 Å². The average molecular weight is 253 g/mol. The fraction of sp³-hybridized carbons (Fsp3) is 0.462. The number of hydrogen-bond acceptors (Lipinski definition) is 4. The predicted molar refractivity (Wildman–Crippen MR) is 64.6 cm³/mol. The van der Waals surface area contributed by atoms with Gasteiger partial charge in [-0.15, -0.1) is 0 Å². The summed E-state index contributed by atoms with van der Waals surface area (Å²) in [5, 5.41) is 3.04. The Kier molecular flexibility index (Phi) is 4.15. The van der Waals surface area contributed by atoms with Crippen LogP contribution >= 0.6 is 0 Å². The number of benzene rings is 1. The minimum atomic E-state index is -0.777. The van der Waals surface area contributed by atoms with E-state index in [0.717, 1.165) is 0 Å². The zero-order chi connectivity index (χ0) is 13.0. The molecule has 2 atom stereocenters. The van der Waals surface area contributed by atoms with E-state index in [1.165, 1.54) is 7.11 Å². The number of esters is 1. The van der Waals surface area contributed by atoms with Crippen molar-refractivity contribution in [3.8, 4) is 5.75 Å². The Bertz CT molecular complexity index is 407. The fourth-order valence-corrected chi connectivity index (χ4v) is 1.90. The first-order valence-corrected chi connectivity index (χ1v) is 5.87. The number of halogens is 1. The summed E-state index contributed by atoms with van der Waals surface area (Å²) in [6.45, 7) is 0.827. The molecule has 98 valence electrons. The standard InChI is InChI=1S/C13H16FNO3/c1-17-13(16)9-2-4-12(5-3-9)18-8-11-6-10(14)7-15-11/h2-5,10-11,15H,6-8H2,1H3/t10-,11+/m1/s1. The molecule has 0 aromatic heterocycles. The first kappa shape index (κ1) is 12.8. The van der Waals surface area contributed by atoms with Crippen LogP contribution in [0.2, 0.25) is 0 Å². The summed E-state index contributed by atoms with van der Waals surface area (Å²) in [7, 11) is 1.34. The smallest absolute Gasteiger partial charge is 0.337 e. The maximum Gasteiger partial charge on any atom is 0.337 e. The van der Waals surface area contributed by atoms with E-state index >= 15 is 0 Å². The maximum absolute atomic E-state index is 12.9. The number of ether oxygens (including phenoxy) is 2. The second-order valence-corrected chi connectivity index (χ2v) is 4.27. The van der Waals surface area contributed by atoms with Crippen LogP contribution in [-0.2, 0) is 4.74 Å². The van der Waals surface area contributed by atoms with E-state index in [1.54, 1.807) is 24.3 Å². The molecule has 5 heteroatoms. The molecular weight excluding hydrogens is 237 g/mol. The van der Waals surface area contributed by atoms with Crippen molar-refractivity contribution in [1.82, 2.24) is 5.32 Å². The van der Waals surface area contributed by atoms with Crippen LogP contribution in [-0.4, -0.2) is 38.4 Å². The van der Waals surface area contributed by atoms with Gasteiger partial charge in [0.2, 0.25) is 0 Å². The largest absolute Gasteiger partial charge is 0.492 e. The Morgan fingerprint density at radius 3 is 2.72 bits per heavy atom. The van der Waals surface area contributed by atoms with Gasteiger partial charge in [-0.3, -0.25) is 0 Å². The van der Waals surface area contributed by atoms with Gasteiger partial charge in [-0.1, -0.05) is 0 Å². The third-order valence-electron chi connectivity index (χ3n) is 2.89. The molecule has 0 spiro atoms. The van der Waals surface area contributed by atoms with Crippen LogP contribution < -0.4 is 10.1 Å². The Labute approximate surface area is 105 Å². The van der Waals surface area contributed by atoms with Crippen molar-refractivity contribution in [3.05, 3.63) is 29.8 Å². The topological polar surface area (TPSA) is 47.6 Å². The lowest BCUT2D eigenvalue weighted by Crippen LogP contribution is -2.28. The fourth-order valence-electron chi connectivity index (χ4n) is 1.90. The number of alkyl halides is 1. The number of carbonyl (C=O) groups excluding carboxylic acids is 1. The van der Waals surface area contributed by atoms with Gasteiger partial charge in [0.25, 0.3) is 0 Å². The van der Waals surface area contributed by atoms with Crippen LogP contribution in [0.1, 0.15) is 16.8 Å². The molecular formula is C13H16FNO3. The van der Waals surface area contributed by atoms with Crippen LogP contribution in [0.4, 0.5) is 4.39 Å². The van der Waals surface area contributed by atoms with Crippen molar-refractivity contribution in [2.75, 3.05) is 20.3 Å². The van der Waals surface area contributed by atoms with Crippen molar-refractivity contribution < 1.29 is 18.7 Å². The number of rotatable bonds is 4. The highest BCUT2D eigenvalue weighted by Gasteiger charge is 2.23. The molecule has 2 rings (SSSR count). The van der Waals surface area contributed by atoms with Gasteiger partial charge >= 0.3 is 5.97 Å². The molecule has 0 unspecified atom stereocenters. The average Bonchev–Trinajstić information content (AvgIpc) is 2.82. The summed E-state index contributed by atoms with van der Waals surface area (Å²) in [5.41, 5.74) is 0.479. The first-order chi connectivity index (χ1) is 8.69. The van der Waals surface area contributed by atoms with Crippen LogP contribution in [0, 0.1) is 0 Å². The Balaban J connectivity index is 1.85. The number of carbonyl (C=O) groups is 1. The van der Waals surface area contributed by atoms with Crippen molar-refractivity contribution >= 4 is 5.97 Å². The summed E-state index contributed by atoms with van der Waals surface area (Å²) < 4.78 is 23.0. The molecule has 1 fully saturated rings.